The predicted octanol–water partition coefficient (Wildman–Crippen LogP) is 0.300. The first-order valence-corrected chi connectivity index (χ1v) is 7.00. The van der Waals surface area contributed by atoms with Gasteiger partial charge in [0.25, 0.3) is 11.6 Å². The second-order valence-electron chi connectivity index (χ2n) is 5.24. The van der Waals surface area contributed by atoms with Gasteiger partial charge in [0.15, 0.2) is 6.61 Å². The maximum absolute atomic E-state index is 12.0. The van der Waals surface area contributed by atoms with Crippen molar-refractivity contribution in [2.45, 2.75) is 19.4 Å². The lowest BCUT2D eigenvalue weighted by Gasteiger charge is -2.29. The molecule has 2 rings (SSSR count). The Kier molecular flexibility index (Phi) is 4.97. The first-order valence-electron chi connectivity index (χ1n) is 7.00. The summed E-state index contributed by atoms with van der Waals surface area (Å²) in [6.45, 7) is 0.842. The minimum atomic E-state index is -1.06. The molecule has 2 amide bonds. The summed E-state index contributed by atoms with van der Waals surface area (Å²) in [7, 11) is 0. The van der Waals surface area contributed by atoms with Crippen molar-refractivity contribution in [3.05, 3.63) is 28.3 Å². The Morgan fingerprint density at radius 3 is 2.83 bits per heavy atom. The molecule has 0 fully saturated rings. The fraction of sp³-hybridized carbons (Fsp3) is 0.357. The molecule has 1 unspecified atom stereocenters. The van der Waals surface area contributed by atoms with Gasteiger partial charge in [-0.15, -0.1) is 0 Å². The number of aliphatic carboxylic acids is 1. The van der Waals surface area contributed by atoms with Crippen LogP contribution < -0.4 is 15.0 Å². The average Bonchev–Trinajstić information content (AvgIpc) is 2.48. The second kappa shape index (κ2) is 6.94. The molecule has 24 heavy (non-hydrogen) atoms. The van der Waals surface area contributed by atoms with Crippen molar-refractivity contribution >= 4 is 29.2 Å². The normalized spacial score (nSPS) is 14.4. The average molecular weight is 337 g/mol. The molecule has 0 aromatic heterocycles. The van der Waals surface area contributed by atoms with Crippen molar-refractivity contribution in [1.29, 1.82) is 0 Å². The van der Waals surface area contributed by atoms with E-state index in [0.29, 0.717) is 0 Å². The quantitative estimate of drug-likeness (QED) is 0.562. The molecule has 0 bridgehead atoms. The van der Waals surface area contributed by atoms with Crippen LogP contribution in [0.1, 0.15) is 13.3 Å². The van der Waals surface area contributed by atoms with Crippen molar-refractivity contribution in [1.82, 2.24) is 5.32 Å². The van der Waals surface area contributed by atoms with E-state index in [1.54, 1.807) is 0 Å². The molecule has 0 saturated carbocycles. The number of rotatable bonds is 6. The van der Waals surface area contributed by atoms with E-state index >= 15 is 0 Å². The van der Waals surface area contributed by atoms with Gasteiger partial charge in [-0.3, -0.25) is 29.4 Å². The Morgan fingerprint density at radius 2 is 2.21 bits per heavy atom. The Morgan fingerprint density at radius 1 is 1.50 bits per heavy atom. The van der Waals surface area contributed by atoms with E-state index in [0.717, 1.165) is 11.0 Å². The number of anilines is 1. The molecule has 0 saturated heterocycles. The zero-order chi connectivity index (χ0) is 17.9. The Labute approximate surface area is 136 Å². The summed E-state index contributed by atoms with van der Waals surface area (Å²) in [6.07, 6.45) is -0.259. The fourth-order valence-electron chi connectivity index (χ4n) is 2.25. The predicted molar refractivity (Wildman–Crippen MR) is 80.8 cm³/mol. The van der Waals surface area contributed by atoms with Gasteiger partial charge >= 0.3 is 5.97 Å². The fourth-order valence-corrected chi connectivity index (χ4v) is 2.25. The molecule has 1 aromatic rings. The molecule has 0 radical (unpaired) electrons. The maximum atomic E-state index is 12.0. The highest BCUT2D eigenvalue weighted by atomic mass is 16.6. The maximum Gasteiger partial charge on any atom is 0.305 e. The third kappa shape index (κ3) is 3.97. The van der Waals surface area contributed by atoms with Gasteiger partial charge in [-0.2, -0.15) is 0 Å². The number of nitrogens with zero attached hydrogens (tertiary/aromatic N) is 2. The lowest BCUT2D eigenvalue weighted by atomic mass is 10.2. The van der Waals surface area contributed by atoms with Gasteiger partial charge in [-0.25, -0.2) is 0 Å². The van der Waals surface area contributed by atoms with Gasteiger partial charge in [0.05, 0.1) is 17.0 Å². The summed E-state index contributed by atoms with van der Waals surface area (Å²) in [5, 5.41) is 22.0. The van der Waals surface area contributed by atoms with E-state index in [2.05, 4.69) is 5.32 Å². The number of nitro groups is 1. The number of carbonyl (C=O) groups is 3. The molecule has 1 aromatic carbocycles. The summed E-state index contributed by atoms with van der Waals surface area (Å²) in [5.41, 5.74) is -0.113. The molecule has 1 atom stereocenters. The number of nitro benzene ring substituents is 1. The van der Waals surface area contributed by atoms with Crippen LogP contribution in [0.3, 0.4) is 0 Å². The van der Waals surface area contributed by atoms with Crippen LogP contribution in [0.4, 0.5) is 11.4 Å². The number of carboxylic acid groups (broad SMARTS) is 1. The van der Waals surface area contributed by atoms with E-state index < -0.39 is 28.7 Å². The molecule has 1 heterocycles. The smallest absolute Gasteiger partial charge is 0.305 e. The van der Waals surface area contributed by atoms with Crippen molar-refractivity contribution in [2.24, 2.45) is 0 Å². The molecule has 1 aliphatic rings. The second-order valence-corrected chi connectivity index (χ2v) is 5.24. The number of carboxylic acids is 1. The van der Waals surface area contributed by atoms with E-state index in [-0.39, 0.29) is 36.7 Å². The molecule has 10 heteroatoms. The van der Waals surface area contributed by atoms with Crippen LogP contribution in [0.25, 0.3) is 0 Å². The Balaban J connectivity index is 2.17. The summed E-state index contributed by atoms with van der Waals surface area (Å²) in [6, 6.07) is 3.13. The summed E-state index contributed by atoms with van der Waals surface area (Å²) < 4.78 is 5.19. The van der Waals surface area contributed by atoms with Crippen LogP contribution >= 0.6 is 0 Å². The number of carbonyl (C=O) groups excluding carboxylic acids is 2. The number of hydrogen-bond acceptors (Lipinski definition) is 6. The van der Waals surface area contributed by atoms with Gasteiger partial charge in [0, 0.05) is 18.2 Å². The van der Waals surface area contributed by atoms with E-state index in [1.807, 2.05) is 0 Å². The first kappa shape index (κ1) is 17.2. The standard InChI is InChI=1S/C14H15N3O7/c1-8(4-14(20)21)15-12(18)6-16-10-5-9(17(22)23)2-3-11(10)24-7-13(16)19/h2-3,5,8H,4,6-7H2,1H3,(H,15,18)(H,20,21). The van der Waals surface area contributed by atoms with E-state index in [4.69, 9.17) is 9.84 Å². The van der Waals surface area contributed by atoms with Crippen LogP contribution in [-0.2, 0) is 14.4 Å². The summed E-state index contributed by atoms with van der Waals surface area (Å²) in [4.78, 5) is 45.9. The van der Waals surface area contributed by atoms with Crippen LogP contribution in [0.15, 0.2) is 18.2 Å². The van der Waals surface area contributed by atoms with Crippen LogP contribution in [0.2, 0.25) is 0 Å². The summed E-state index contributed by atoms with van der Waals surface area (Å²) in [5.74, 6) is -1.90. The lowest BCUT2D eigenvalue weighted by Crippen LogP contribution is -2.47. The number of hydrogen-bond donors (Lipinski definition) is 2. The Hall–Kier alpha value is -3.17. The molecular formula is C14H15N3O7. The van der Waals surface area contributed by atoms with Crippen molar-refractivity contribution in [2.75, 3.05) is 18.1 Å². The highest BCUT2D eigenvalue weighted by molar-refractivity contribution is 6.02. The van der Waals surface area contributed by atoms with Gasteiger partial charge in [0.2, 0.25) is 5.91 Å². The van der Waals surface area contributed by atoms with Crippen molar-refractivity contribution < 1.29 is 29.2 Å². The number of fused-ring (bicyclic) bond motifs is 1. The van der Waals surface area contributed by atoms with E-state index in [9.17, 15) is 24.5 Å². The number of nitrogens with one attached hydrogen (secondary N) is 1. The zero-order valence-corrected chi connectivity index (χ0v) is 12.7. The monoisotopic (exact) mass is 337 g/mol. The highest BCUT2D eigenvalue weighted by Gasteiger charge is 2.29. The third-order valence-corrected chi connectivity index (χ3v) is 3.29. The first-order chi connectivity index (χ1) is 11.3. The Bertz CT molecular complexity index is 704. The van der Waals surface area contributed by atoms with Crippen molar-refractivity contribution in [3.8, 4) is 5.75 Å². The van der Waals surface area contributed by atoms with Gasteiger partial charge < -0.3 is 15.2 Å². The molecule has 1 aliphatic heterocycles. The number of benzene rings is 1. The molecule has 128 valence electrons. The highest BCUT2D eigenvalue weighted by Crippen LogP contribution is 2.35. The molecule has 0 aliphatic carbocycles. The largest absolute Gasteiger partial charge is 0.482 e. The van der Waals surface area contributed by atoms with Crippen molar-refractivity contribution in [3.63, 3.8) is 0 Å². The zero-order valence-electron chi connectivity index (χ0n) is 12.7. The topological polar surface area (TPSA) is 139 Å². The third-order valence-electron chi connectivity index (χ3n) is 3.29. The van der Waals surface area contributed by atoms with E-state index in [1.165, 1.54) is 19.1 Å². The molecular weight excluding hydrogens is 322 g/mol. The van der Waals surface area contributed by atoms with Crippen LogP contribution in [-0.4, -0.2) is 47.0 Å². The SMILES string of the molecule is CC(CC(=O)O)NC(=O)CN1C(=O)COc2ccc([N+](=O)[O-])cc21. The minimum Gasteiger partial charge on any atom is -0.482 e. The van der Waals surface area contributed by atoms with Gasteiger partial charge in [0.1, 0.15) is 12.3 Å². The van der Waals surface area contributed by atoms with Crippen LogP contribution in [0, 0.1) is 10.1 Å². The number of amides is 2. The molecule has 2 N–H and O–H groups in total. The van der Waals surface area contributed by atoms with Crippen LogP contribution in [0.5, 0.6) is 5.75 Å². The number of non-ortho nitro benzene ring substituents is 1. The minimum absolute atomic E-state index is 0.126. The lowest BCUT2D eigenvalue weighted by molar-refractivity contribution is -0.384. The van der Waals surface area contributed by atoms with Gasteiger partial charge in [-0.1, -0.05) is 0 Å². The summed E-state index contributed by atoms with van der Waals surface area (Å²) >= 11 is 0. The van der Waals surface area contributed by atoms with Gasteiger partial charge in [-0.05, 0) is 13.0 Å². The molecule has 10 nitrogen and oxygen atoms in total. The molecule has 0 spiro atoms. The number of ether oxygens (including phenoxy) is 1.